The minimum absolute atomic E-state index is 0. The molecule has 1 aliphatic rings. The van der Waals surface area contributed by atoms with E-state index in [0.717, 1.165) is 25.5 Å². The van der Waals surface area contributed by atoms with Crippen molar-refractivity contribution in [3.8, 4) is 0 Å². The summed E-state index contributed by atoms with van der Waals surface area (Å²) in [5.41, 5.74) is -0.0546. The lowest BCUT2D eigenvalue weighted by atomic mass is 10.0. The van der Waals surface area contributed by atoms with Gasteiger partial charge in [-0.2, -0.15) is 13.2 Å². The molecule has 0 radical (unpaired) electrons. The molecular weight excluding hydrogens is 274 g/mol. The van der Waals surface area contributed by atoms with Crippen molar-refractivity contribution in [1.29, 1.82) is 0 Å². The molecule has 17 heavy (non-hydrogen) atoms. The zero-order chi connectivity index (χ0) is 11.8. The summed E-state index contributed by atoms with van der Waals surface area (Å²) in [6.45, 7) is 0.846. The molecular formula is C11H12Cl2F3N. The lowest BCUT2D eigenvalue weighted by molar-refractivity contribution is -0.137. The fourth-order valence-corrected chi connectivity index (χ4v) is 2.19. The van der Waals surface area contributed by atoms with E-state index in [1.807, 2.05) is 0 Å². The first-order valence-corrected chi connectivity index (χ1v) is 5.46. The van der Waals surface area contributed by atoms with Gasteiger partial charge >= 0.3 is 6.18 Å². The molecule has 1 nitrogen and oxygen atoms in total. The van der Waals surface area contributed by atoms with Crippen LogP contribution in [0.2, 0.25) is 5.02 Å². The predicted octanol–water partition coefficient (Wildman–Crippen LogP) is 4.21. The summed E-state index contributed by atoms with van der Waals surface area (Å²) in [4.78, 5) is 0. The van der Waals surface area contributed by atoms with Gasteiger partial charge in [0, 0.05) is 11.1 Å². The standard InChI is InChI=1S/C11H11ClF3N.ClH/c12-9-5-7(10-2-1-3-16-10)4-8(6-9)11(13,14)15;/h4-6,10,16H,1-3H2;1H/t10-;/m1./s1. The van der Waals surface area contributed by atoms with Crippen molar-refractivity contribution in [1.82, 2.24) is 5.32 Å². The van der Waals surface area contributed by atoms with Crippen molar-refractivity contribution in [3.63, 3.8) is 0 Å². The monoisotopic (exact) mass is 285 g/mol. The van der Waals surface area contributed by atoms with Crippen molar-refractivity contribution >= 4 is 24.0 Å². The van der Waals surface area contributed by atoms with Gasteiger partial charge in [-0.25, -0.2) is 0 Å². The highest BCUT2D eigenvalue weighted by Gasteiger charge is 2.32. The van der Waals surface area contributed by atoms with Crippen molar-refractivity contribution < 1.29 is 13.2 Å². The average Bonchev–Trinajstić information content (AvgIpc) is 2.68. The molecule has 1 aliphatic heterocycles. The van der Waals surface area contributed by atoms with Gasteiger partial charge in [0.25, 0.3) is 0 Å². The fraction of sp³-hybridized carbons (Fsp3) is 0.455. The molecule has 6 heteroatoms. The van der Waals surface area contributed by atoms with Crippen LogP contribution in [-0.4, -0.2) is 6.54 Å². The Hall–Kier alpha value is -0.450. The number of rotatable bonds is 1. The van der Waals surface area contributed by atoms with Crippen LogP contribution in [0.1, 0.15) is 30.0 Å². The number of hydrogen-bond acceptors (Lipinski definition) is 1. The van der Waals surface area contributed by atoms with Crippen LogP contribution in [0.15, 0.2) is 18.2 Å². The van der Waals surface area contributed by atoms with Gasteiger partial charge in [-0.1, -0.05) is 11.6 Å². The average molecular weight is 286 g/mol. The van der Waals surface area contributed by atoms with Crippen molar-refractivity contribution in [2.45, 2.75) is 25.1 Å². The van der Waals surface area contributed by atoms with Crippen LogP contribution < -0.4 is 5.32 Å². The first-order chi connectivity index (χ1) is 7.47. The maximum Gasteiger partial charge on any atom is 0.416 e. The third kappa shape index (κ3) is 3.50. The Morgan fingerprint density at radius 1 is 1.24 bits per heavy atom. The van der Waals surface area contributed by atoms with E-state index in [0.29, 0.717) is 5.56 Å². The summed E-state index contributed by atoms with van der Waals surface area (Å²) in [6, 6.07) is 3.73. The second-order valence-electron chi connectivity index (χ2n) is 3.92. The topological polar surface area (TPSA) is 12.0 Å². The Balaban J connectivity index is 0.00000144. The van der Waals surface area contributed by atoms with Crippen molar-refractivity contribution in [2.24, 2.45) is 0 Å². The maximum atomic E-state index is 12.6. The smallest absolute Gasteiger partial charge is 0.310 e. The molecule has 1 fully saturated rings. The van der Waals surface area contributed by atoms with Crippen LogP contribution in [0.25, 0.3) is 0 Å². The van der Waals surface area contributed by atoms with E-state index in [9.17, 15) is 13.2 Å². The third-order valence-corrected chi connectivity index (χ3v) is 2.93. The van der Waals surface area contributed by atoms with Gasteiger partial charge in [0.05, 0.1) is 5.56 Å². The molecule has 1 saturated heterocycles. The highest BCUT2D eigenvalue weighted by Crippen LogP contribution is 2.34. The van der Waals surface area contributed by atoms with Crippen LogP contribution in [-0.2, 0) is 6.18 Å². The number of nitrogens with one attached hydrogen (secondary N) is 1. The minimum Gasteiger partial charge on any atom is -0.310 e. The number of benzene rings is 1. The molecule has 1 aromatic carbocycles. The van der Waals surface area contributed by atoms with Crippen LogP contribution in [0.4, 0.5) is 13.2 Å². The summed E-state index contributed by atoms with van der Waals surface area (Å²) in [5.74, 6) is 0. The largest absolute Gasteiger partial charge is 0.416 e. The Kier molecular flexibility index (Phi) is 4.69. The van der Waals surface area contributed by atoms with E-state index >= 15 is 0 Å². The fourth-order valence-electron chi connectivity index (χ4n) is 1.95. The number of hydrogen-bond donors (Lipinski definition) is 1. The second kappa shape index (κ2) is 5.46. The van der Waals surface area contributed by atoms with Crippen LogP contribution in [0, 0.1) is 0 Å². The number of alkyl halides is 3. The molecule has 96 valence electrons. The van der Waals surface area contributed by atoms with Crippen molar-refractivity contribution in [2.75, 3.05) is 6.54 Å². The highest BCUT2D eigenvalue weighted by molar-refractivity contribution is 6.30. The normalized spacial score (nSPS) is 20.1. The molecule has 1 atom stereocenters. The van der Waals surface area contributed by atoms with E-state index in [1.54, 1.807) is 6.07 Å². The molecule has 1 aromatic rings. The molecule has 1 N–H and O–H groups in total. The lowest BCUT2D eigenvalue weighted by Crippen LogP contribution is -2.14. The van der Waals surface area contributed by atoms with E-state index in [4.69, 9.17) is 11.6 Å². The maximum absolute atomic E-state index is 12.6. The van der Waals surface area contributed by atoms with Gasteiger partial charge in [-0.3, -0.25) is 0 Å². The van der Waals surface area contributed by atoms with E-state index < -0.39 is 11.7 Å². The molecule has 0 spiro atoms. The molecule has 0 amide bonds. The van der Waals surface area contributed by atoms with Crippen LogP contribution >= 0.6 is 24.0 Å². The first-order valence-electron chi connectivity index (χ1n) is 5.08. The molecule has 2 rings (SSSR count). The molecule has 1 heterocycles. The third-order valence-electron chi connectivity index (χ3n) is 2.71. The SMILES string of the molecule is Cl.FC(F)(F)c1cc(Cl)cc([C@H]2CCCN2)c1. The minimum atomic E-state index is -4.34. The Morgan fingerprint density at radius 2 is 1.94 bits per heavy atom. The highest BCUT2D eigenvalue weighted by atomic mass is 35.5. The summed E-state index contributed by atoms with van der Waals surface area (Å²) in [6.07, 6.45) is -2.49. The predicted molar refractivity (Wildman–Crippen MR) is 63.7 cm³/mol. The molecule has 0 aliphatic carbocycles. The van der Waals surface area contributed by atoms with Crippen LogP contribution in [0.3, 0.4) is 0 Å². The van der Waals surface area contributed by atoms with Crippen molar-refractivity contribution in [3.05, 3.63) is 34.3 Å². The summed E-state index contributed by atoms with van der Waals surface area (Å²) in [5, 5.41) is 3.29. The number of halogens is 5. The summed E-state index contributed by atoms with van der Waals surface area (Å²) in [7, 11) is 0. The quantitative estimate of drug-likeness (QED) is 0.815. The second-order valence-corrected chi connectivity index (χ2v) is 4.36. The zero-order valence-electron chi connectivity index (χ0n) is 8.85. The van der Waals surface area contributed by atoms with Gasteiger partial charge in [0.1, 0.15) is 0 Å². The molecule has 0 bridgehead atoms. The lowest BCUT2D eigenvalue weighted by Gasteiger charge is -2.14. The van der Waals surface area contributed by atoms with E-state index in [2.05, 4.69) is 5.32 Å². The molecule has 0 unspecified atom stereocenters. The van der Waals surface area contributed by atoms with Gasteiger partial charge in [-0.05, 0) is 43.1 Å². The molecule has 0 saturated carbocycles. The van der Waals surface area contributed by atoms with Crippen LogP contribution in [0.5, 0.6) is 0 Å². The first kappa shape index (κ1) is 14.6. The van der Waals surface area contributed by atoms with Gasteiger partial charge in [0.2, 0.25) is 0 Å². The summed E-state index contributed by atoms with van der Waals surface area (Å²) < 4.78 is 37.7. The molecule has 0 aromatic heterocycles. The Bertz CT molecular complexity index is 387. The Morgan fingerprint density at radius 3 is 2.47 bits per heavy atom. The van der Waals surface area contributed by atoms with Gasteiger partial charge in [-0.15, -0.1) is 12.4 Å². The van der Waals surface area contributed by atoms with E-state index in [1.165, 1.54) is 6.07 Å². The Labute approximate surface area is 109 Å². The van der Waals surface area contributed by atoms with Gasteiger partial charge < -0.3 is 5.32 Å². The summed E-state index contributed by atoms with van der Waals surface area (Å²) >= 11 is 5.71. The zero-order valence-corrected chi connectivity index (χ0v) is 10.4. The van der Waals surface area contributed by atoms with E-state index in [-0.39, 0.29) is 23.5 Å². The van der Waals surface area contributed by atoms with Gasteiger partial charge in [0.15, 0.2) is 0 Å².